The van der Waals surface area contributed by atoms with Gasteiger partial charge >= 0.3 is 0 Å². The summed E-state index contributed by atoms with van der Waals surface area (Å²) in [7, 11) is 0. The molecule has 3 N–H and O–H groups in total. The van der Waals surface area contributed by atoms with Crippen LogP contribution in [0, 0.1) is 5.41 Å². The van der Waals surface area contributed by atoms with Gasteiger partial charge in [-0.05, 0) is 17.5 Å². The third-order valence-corrected chi connectivity index (χ3v) is 6.34. The maximum atomic E-state index is 13.0. The third kappa shape index (κ3) is 2.70. The van der Waals surface area contributed by atoms with Crippen LogP contribution in [0.4, 0.5) is 11.4 Å². The summed E-state index contributed by atoms with van der Waals surface area (Å²) in [5, 5.41) is 3.35. The van der Waals surface area contributed by atoms with E-state index in [0.717, 1.165) is 0 Å². The lowest BCUT2D eigenvalue weighted by Gasteiger charge is -2.30. The monoisotopic (exact) mass is 434 g/mol. The number of nitrogen functional groups attached to an aromatic ring is 1. The van der Waals surface area contributed by atoms with Crippen molar-refractivity contribution in [2.75, 3.05) is 11.1 Å². The highest BCUT2D eigenvalue weighted by atomic mass is 127. The number of rotatable bonds is 2. The van der Waals surface area contributed by atoms with E-state index < -0.39 is 0 Å². The fourth-order valence-corrected chi connectivity index (χ4v) is 3.01. The Hall–Kier alpha value is -1.89. The Morgan fingerprint density at radius 2 is 1.54 bits per heavy atom. The summed E-state index contributed by atoms with van der Waals surface area (Å²) in [5.74, 6) is -0.295. The van der Waals surface area contributed by atoms with Crippen molar-refractivity contribution < 1.29 is 9.59 Å². The van der Waals surface area contributed by atoms with Gasteiger partial charge in [-0.15, -0.1) is 0 Å². The number of halogens is 1. The normalized spacial score (nSPS) is 14.8. The number of carbonyl (C=O) groups is 2. The lowest BCUT2D eigenvalue weighted by molar-refractivity contribution is 0.0979. The molecule has 0 fully saturated rings. The number of benzene rings is 2. The van der Waals surface area contributed by atoms with Crippen molar-refractivity contribution in [2.45, 2.75) is 24.8 Å². The minimum atomic E-state index is -0.160. The fraction of sp³-hybridized carbons (Fsp3) is 0.263. The van der Waals surface area contributed by atoms with Gasteiger partial charge in [-0.2, -0.15) is 0 Å². The molecule has 0 radical (unpaired) electrons. The maximum Gasteiger partial charge on any atom is 0.196 e. The molecule has 0 saturated carbocycles. The minimum Gasteiger partial charge on any atom is -0.397 e. The molecule has 0 spiro atoms. The Kier molecular flexibility index (Phi) is 4.15. The highest BCUT2D eigenvalue weighted by molar-refractivity contribution is 14.1. The zero-order valence-corrected chi connectivity index (χ0v) is 16.0. The lowest BCUT2D eigenvalue weighted by Crippen LogP contribution is -2.30. The molecule has 1 aliphatic rings. The van der Waals surface area contributed by atoms with E-state index in [1.54, 1.807) is 36.4 Å². The van der Waals surface area contributed by atoms with E-state index in [-0.39, 0.29) is 21.0 Å². The van der Waals surface area contributed by atoms with Gasteiger partial charge < -0.3 is 11.1 Å². The summed E-state index contributed by atoms with van der Waals surface area (Å²) in [6.07, 6.45) is 0. The number of hydrogen-bond acceptors (Lipinski definition) is 4. The van der Waals surface area contributed by atoms with Gasteiger partial charge in [0.2, 0.25) is 0 Å². The first-order chi connectivity index (χ1) is 11.2. The second-order valence-electron chi connectivity index (χ2n) is 7.03. The number of fused-ring (bicyclic) bond motifs is 2. The van der Waals surface area contributed by atoms with Crippen molar-refractivity contribution in [1.82, 2.24) is 0 Å². The molecule has 0 amide bonds. The molecule has 0 heterocycles. The SMILES string of the molecule is CC(C)(C)C(I)Nc1c(N)ccc2c1C(=O)c1ccccc1C2=O. The molecule has 4 nitrogen and oxygen atoms in total. The summed E-state index contributed by atoms with van der Waals surface area (Å²) in [4.78, 5) is 25.8. The maximum absolute atomic E-state index is 13.0. The summed E-state index contributed by atoms with van der Waals surface area (Å²) < 4.78 is 0.0453. The highest BCUT2D eigenvalue weighted by Crippen LogP contribution is 2.38. The Labute approximate surface area is 155 Å². The van der Waals surface area contributed by atoms with E-state index >= 15 is 0 Å². The van der Waals surface area contributed by atoms with Crippen LogP contribution in [0.5, 0.6) is 0 Å². The minimum absolute atomic E-state index is 0.0324. The molecule has 2 aromatic carbocycles. The standard InChI is InChI=1S/C19H19IN2O2/c1-19(2,3)18(20)22-15-13(21)9-8-12-14(15)17(24)11-7-5-4-6-10(11)16(12)23/h4-9,18,22H,21H2,1-3H3. The largest absolute Gasteiger partial charge is 0.397 e. The van der Waals surface area contributed by atoms with Crippen LogP contribution in [0.2, 0.25) is 0 Å². The Balaban J connectivity index is 2.18. The average molecular weight is 434 g/mol. The molecule has 24 heavy (non-hydrogen) atoms. The number of nitrogens with one attached hydrogen (secondary N) is 1. The van der Waals surface area contributed by atoms with Crippen LogP contribution in [0.25, 0.3) is 0 Å². The number of nitrogens with two attached hydrogens (primary N) is 1. The van der Waals surface area contributed by atoms with Gasteiger partial charge in [-0.1, -0.05) is 67.6 Å². The molecule has 124 valence electrons. The number of hydrogen-bond donors (Lipinski definition) is 2. The van der Waals surface area contributed by atoms with Crippen LogP contribution in [0.3, 0.4) is 0 Å². The first kappa shape index (κ1) is 17.0. The van der Waals surface area contributed by atoms with E-state index in [4.69, 9.17) is 5.73 Å². The summed E-state index contributed by atoms with van der Waals surface area (Å²) in [5.41, 5.74) is 8.80. The molecule has 0 aromatic heterocycles. The van der Waals surface area contributed by atoms with Gasteiger partial charge in [-0.3, -0.25) is 9.59 Å². The molecule has 1 unspecified atom stereocenters. The lowest BCUT2D eigenvalue weighted by atomic mass is 9.82. The molecule has 1 atom stereocenters. The summed E-state index contributed by atoms with van der Waals surface area (Å²) in [6.45, 7) is 6.31. The van der Waals surface area contributed by atoms with Crippen molar-refractivity contribution in [3.63, 3.8) is 0 Å². The van der Waals surface area contributed by atoms with E-state index in [2.05, 4.69) is 48.7 Å². The van der Waals surface area contributed by atoms with Crippen molar-refractivity contribution in [2.24, 2.45) is 5.41 Å². The topological polar surface area (TPSA) is 72.2 Å². The molecular formula is C19H19IN2O2. The number of anilines is 2. The second-order valence-corrected chi connectivity index (χ2v) is 8.27. The summed E-state index contributed by atoms with van der Waals surface area (Å²) in [6, 6.07) is 10.3. The zero-order chi connectivity index (χ0) is 17.6. The molecule has 0 bridgehead atoms. The van der Waals surface area contributed by atoms with Crippen molar-refractivity contribution in [1.29, 1.82) is 0 Å². The summed E-state index contributed by atoms with van der Waals surface area (Å²) >= 11 is 2.29. The average Bonchev–Trinajstić information content (AvgIpc) is 2.53. The molecule has 0 saturated heterocycles. The van der Waals surface area contributed by atoms with Crippen LogP contribution in [0.1, 0.15) is 52.6 Å². The number of ketones is 2. The highest BCUT2D eigenvalue weighted by Gasteiger charge is 2.33. The molecule has 3 rings (SSSR count). The van der Waals surface area contributed by atoms with Crippen molar-refractivity contribution in [3.05, 3.63) is 58.7 Å². The van der Waals surface area contributed by atoms with E-state index in [1.807, 2.05) is 0 Å². The smallest absolute Gasteiger partial charge is 0.196 e. The first-order valence-corrected chi connectivity index (χ1v) is 8.98. The number of carbonyl (C=O) groups excluding carboxylic acids is 2. The molecule has 0 aliphatic heterocycles. The van der Waals surface area contributed by atoms with Crippen molar-refractivity contribution in [3.8, 4) is 0 Å². The van der Waals surface area contributed by atoms with Crippen LogP contribution >= 0.6 is 22.6 Å². The molecule has 2 aromatic rings. The van der Waals surface area contributed by atoms with Crippen LogP contribution in [-0.2, 0) is 0 Å². The predicted molar refractivity (Wildman–Crippen MR) is 105 cm³/mol. The van der Waals surface area contributed by atoms with Crippen LogP contribution < -0.4 is 11.1 Å². The Morgan fingerprint density at radius 1 is 0.958 bits per heavy atom. The fourth-order valence-electron chi connectivity index (χ4n) is 2.70. The number of alkyl halides is 1. The van der Waals surface area contributed by atoms with Crippen molar-refractivity contribution >= 4 is 45.5 Å². The van der Waals surface area contributed by atoms with Gasteiger partial charge in [0.1, 0.15) is 0 Å². The Bertz CT molecular complexity index is 853. The Morgan fingerprint density at radius 3 is 2.12 bits per heavy atom. The first-order valence-electron chi connectivity index (χ1n) is 7.73. The third-order valence-electron chi connectivity index (χ3n) is 4.16. The van der Waals surface area contributed by atoms with Gasteiger partial charge in [0, 0.05) is 16.7 Å². The molecule has 1 aliphatic carbocycles. The van der Waals surface area contributed by atoms with E-state index in [9.17, 15) is 9.59 Å². The van der Waals surface area contributed by atoms with E-state index in [0.29, 0.717) is 33.6 Å². The quantitative estimate of drug-likeness (QED) is 0.274. The van der Waals surface area contributed by atoms with Gasteiger partial charge in [0.05, 0.1) is 21.0 Å². The molecular weight excluding hydrogens is 415 g/mol. The van der Waals surface area contributed by atoms with Crippen LogP contribution in [-0.4, -0.2) is 15.6 Å². The molecule has 5 heteroatoms. The second kappa shape index (κ2) is 5.88. The predicted octanol–water partition coefficient (Wildman–Crippen LogP) is 4.26. The zero-order valence-electron chi connectivity index (χ0n) is 13.8. The van der Waals surface area contributed by atoms with Crippen LogP contribution in [0.15, 0.2) is 36.4 Å². The van der Waals surface area contributed by atoms with Gasteiger partial charge in [-0.25, -0.2) is 0 Å². The van der Waals surface area contributed by atoms with E-state index in [1.165, 1.54) is 0 Å². The van der Waals surface area contributed by atoms with Gasteiger partial charge in [0.15, 0.2) is 11.6 Å². The van der Waals surface area contributed by atoms with Gasteiger partial charge in [0.25, 0.3) is 0 Å².